The molecule has 0 bridgehead atoms. The Hall–Kier alpha value is -7.26. The first kappa shape index (κ1) is 61.3. The third kappa shape index (κ3) is 13.3. The number of aromatic nitrogens is 7. The van der Waals surface area contributed by atoms with E-state index in [0.29, 0.717) is 36.4 Å². The zero-order valence-corrected chi connectivity index (χ0v) is 48.5. The average molecular weight is 1360 g/mol. The van der Waals surface area contributed by atoms with Crippen LogP contribution in [0.3, 0.4) is 0 Å². The van der Waals surface area contributed by atoms with Crippen molar-refractivity contribution >= 4 is 170 Å². The molecular formula is C40H30Cl4N14O20S6. The van der Waals surface area contributed by atoms with Gasteiger partial charge in [-0.1, -0.05) is 23.2 Å². The molecule has 4 aromatic carbocycles. The molecule has 2 aliphatic heterocycles. The molecule has 2 aromatic heterocycles. The Bertz CT molecular complexity index is 4860. The first-order valence-electron chi connectivity index (χ1n) is 22.2. The van der Waals surface area contributed by atoms with E-state index in [1.807, 2.05) is 0 Å². The van der Waals surface area contributed by atoms with Crippen LogP contribution in [-0.4, -0.2) is 139 Å². The minimum atomic E-state index is -5.23. The number of hydrogen-bond acceptors (Lipinski definition) is 28. The molecule has 0 atom stereocenters. The van der Waals surface area contributed by atoms with Gasteiger partial charge >= 0.3 is 10.1 Å². The van der Waals surface area contributed by atoms with Gasteiger partial charge < -0.3 is 41.1 Å². The van der Waals surface area contributed by atoms with Crippen molar-refractivity contribution in [1.82, 2.24) is 34.9 Å². The van der Waals surface area contributed by atoms with Gasteiger partial charge in [0.15, 0.2) is 32.6 Å². The van der Waals surface area contributed by atoms with Crippen molar-refractivity contribution in [2.45, 2.75) is 29.4 Å². The number of benzene rings is 5. The monoisotopic (exact) mass is 1360 g/mol. The third-order valence-corrected chi connectivity index (χ3v) is 17.4. The normalized spacial score (nSPS) is 13.2. The van der Waals surface area contributed by atoms with Crippen molar-refractivity contribution < 1.29 is 87.0 Å². The number of ether oxygens (including phenoxy) is 1. The molecule has 84 heavy (non-hydrogen) atoms. The molecule has 34 nitrogen and oxygen atoms in total. The van der Waals surface area contributed by atoms with Crippen molar-refractivity contribution in [3.8, 4) is 23.0 Å². The predicted octanol–water partition coefficient (Wildman–Crippen LogP) is 5.27. The van der Waals surface area contributed by atoms with E-state index in [0.717, 1.165) is 6.07 Å². The van der Waals surface area contributed by atoms with Crippen LogP contribution in [0.1, 0.15) is 0 Å². The first-order chi connectivity index (χ1) is 39.0. The summed E-state index contributed by atoms with van der Waals surface area (Å²) in [6, 6.07) is 8.99. The summed E-state index contributed by atoms with van der Waals surface area (Å²) in [7, 11) is -30.1. The van der Waals surface area contributed by atoms with Gasteiger partial charge in [0.25, 0.3) is 50.6 Å². The molecule has 0 fully saturated rings. The van der Waals surface area contributed by atoms with Crippen LogP contribution in [0.2, 0.25) is 20.6 Å². The zero-order chi connectivity index (χ0) is 61.2. The van der Waals surface area contributed by atoms with Crippen LogP contribution in [0.5, 0.6) is 11.5 Å². The summed E-state index contributed by atoms with van der Waals surface area (Å²) < 4.78 is 218. The van der Waals surface area contributed by atoms with E-state index in [-0.39, 0.29) is 82.5 Å². The molecule has 44 heteroatoms. The third-order valence-electron chi connectivity index (χ3n) is 11.0. The Balaban J connectivity index is 0.944. The average Bonchev–Trinajstić information content (AvgIpc) is 1.20. The Morgan fingerprint density at radius 2 is 1.01 bits per heavy atom. The van der Waals surface area contributed by atoms with E-state index < -0.39 is 146 Å². The minimum absolute atomic E-state index is 0.124. The van der Waals surface area contributed by atoms with Crippen LogP contribution in [0.15, 0.2) is 99.4 Å². The van der Waals surface area contributed by atoms with Crippen molar-refractivity contribution in [2.75, 3.05) is 58.1 Å². The molecule has 0 saturated carbocycles. The molecule has 1 aliphatic carbocycles. The molecule has 0 spiro atoms. The zero-order valence-electron chi connectivity index (χ0n) is 40.5. The van der Waals surface area contributed by atoms with Crippen molar-refractivity contribution in [3.63, 3.8) is 0 Å². The van der Waals surface area contributed by atoms with Crippen molar-refractivity contribution in [1.29, 1.82) is 0 Å². The molecule has 0 saturated heterocycles. The number of nitrogens with zero attached hydrogens (tertiary/aromatic N) is 8. The Morgan fingerprint density at radius 3 is 1.52 bits per heavy atom. The minimum Gasteiger partial charge on any atom is -0.450 e. The van der Waals surface area contributed by atoms with Crippen LogP contribution in [0, 0.1) is 0 Å². The lowest BCUT2D eigenvalue weighted by atomic mass is 10.1. The lowest BCUT2D eigenvalue weighted by Crippen LogP contribution is -2.20. The highest BCUT2D eigenvalue weighted by Gasteiger charge is 2.35. The Kier molecular flexibility index (Phi) is 16.5. The Morgan fingerprint density at radius 1 is 0.500 bits per heavy atom. The highest BCUT2D eigenvalue weighted by molar-refractivity contribution is 7.87. The van der Waals surface area contributed by atoms with Gasteiger partial charge in [0.2, 0.25) is 34.4 Å². The number of fused-ring (bicyclic) bond motifs is 4. The highest BCUT2D eigenvalue weighted by Crippen LogP contribution is 2.55. The number of rotatable bonds is 19. The van der Waals surface area contributed by atoms with Gasteiger partial charge in [-0.3, -0.25) is 32.3 Å². The molecule has 0 amide bonds. The Labute approximate surface area is 491 Å². The van der Waals surface area contributed by atoms with E-state index >= 15 is 0 Å². The summed E-state index contributed by atoms with van der Waals surface area (Å²) in [5.74, 6) is -3.00. The maximum absolute atomic E-state index is 13.0. The van der Waals surface area contributed by atoms with Crippen molar-refractivity contribution in [2.24, 2.45) is 4.99 Å². The van der Waals surface area contributed by atoms with Crippen molar-refractivity contribution in [3.05, 3.63) is 86.6 Å². The second kappa shape index (κ2) is 22.6. The maximum Gasteiger partial charge on any atom is 0.300 e. The van der Waals surface area contributed by atoms with Crippen LogP contribution in [-0.2, 0) is 60.7 Å². The van der Waals surface area contributed by atoms with Gasteiger partial charge in [-0.25, -0.2) is 4.98 Å². The summed E-state index contributed by atoms with van der Waals surface area (Å²) >= 11 is 25.7. The second-order valence-corrected chi connectivity index (χ2v) is 26.4. The summed E-state index contributed by atoms with van der Waals surface area (Å²) in [5.41, 5.74) is -2.66. The van der Waals surface area contributed by atoms with Crippen LogP contribution in [0.25, 0.3) is 22.6 Å². The van der Waals surface area contributed by atoms with Crippen LogP contribution in [0.4, 0.5) is 52.2 Å². The molecule has 12 N–H and O–H groups in total. The second-order valence-electron chi connectivity index (χ2n) is 16.6. The standard InChI is InChI=1S/C40H30Cl4N14O20S6/c41-25-28-32(78-30-18(50-28)4-6-20(34(30)84(74,75)76)46-10-12-48-38-54-36(44)56-40(58-38)52-22-14-16(80(62,63)64)2-8-24(22)82(68,69)70)26(42)27-31(25)77-29-17(49-27)3-5-19(33(29)83(71,72)73)45-9-11-47-37-53-35(43)55-39(57-37)51-21-13-15(79(59,60)61)1-7-23(21)81(65,66)67/h1-8,13-14,45,49H,9-12H2,(H,59,60,61)(H,62,63,64)(H,65,66,67)(H,68,69,70)(H,71,72,73)(H,74,75,76)(H2,47,51,53,55,57)(H2,48,52,54,56,58). The number of nitrogens with one attached hydrogen (secondary N) is 6. The summed E-state index contributed by atoms with van der Waals surface area (Å²) in [5, 5.41) is 13.7. The predicted molar refractivity (Wildman–Crippen MR) is 294 cm³/mol. The molecule has 6 aromatic rings. The molecule has 9 rings (SSSR count). The molecule has 444 valence electrons. The smallest absolute Gasteiger partial charge is 0.300 e. The summed E-state index contributed by atoms with van der Waals surface area (Å²) in [4.78, 5) is 27.1. The maximum atomic E-state index is 13.0. The van der Waals surface area contributed by atoms with Gasteiger partial charge in [-0.2, -0.15) is 80.4 Å². The van der Waals surface area contributed by atoms with E-state index in [2.05, 4.69) is 71.8 Å². The molecule has 0 radical (unpaired) electrons. The van der Waals surface area contributed by atoms with Gasteiger partial charge in [-0.15, -0.1) is 0 Å². The molecular weight excluding hydrogens is 1330 g/mol. The fourth-order valence-corrected chi connectivity index (χ4v) is 12.4. The lowest BCUT2D eigenvalue weighted by Gasteiger charge is -2.27. The fraction of sp³-hybridized carbons (Fsp3) is 0.100. The SMILES string of the molecule is O=S(=O)(O)c1ccc(S(=O)(=O)O)c(Nc2nc(Cl)nc(NCCN=c3ccc4nc5c(Cl)c6c(c(Cl)c5oc-4c3S(=O)(=O)O)Nc3ccc(NCCNc4nc(Cl)nc(Nc5cc(S(=O)(=O)O)ccc5S(=O)(=O)O)n4)c(S(=O)(=O)O)c3O6)n2)c1. The molecule has 0 unspecified atom stereocenters. The topological polar surface area (TPSA) is 523 Å². The van der Waals surface area contributed by atoms with E-state index in [4.69, 9.17) is 55.6 Å². The summed E-state index contributed by atoms with van der Waals surface area (Å²) in [6.07, 6.45) is 0. The van der Waals surface area contributed by atoms with E-state index in [1.54, 1.807) is 0 Å². The van der Waals surface area contributed by atoms with Crippen LogP contribution >= 0.6 is 46.4 Å². The van der Waals surface area contributed by atoms with Gasteiger partial charge in [0.05, 0.1) is 44.4 Å². The largest absolute Gasteiger partial charge is 0.450 e. The lowest BCUT2D eigenvalue weighted by molar-refractivity contribution is 0.449. The van der Waals surface area contributed by atoms with Gasteiger partial charge in [0.1, 0.15) is 36.7 Å². The number of halogens is 4. The molecule has 4 heterocycles. The van der Waals surface area contributed by atoms with Gasteiger partial charge in [0, 0.05) is 19.6 Å². The fourth-order valence-electron chi connectivity index (χ4n) is 7.66. The van der Waals surface area contributed by atoms with Crippen LogP contribution < -0.4 is 42.0 Å². The van der Waals surface area contributed by atoms with E-state index in [9.17, 15) is 77.8 Å². The van der Waals surface area contributed by atoms with E-state index in [1.165, 1.54) is 18.2 Å². The quantitative estimate of drug-likeness (QED) is 0.0279. The first-order valence-corrected chi connectivity index (χ1v) is 32.3. The summed E-state index contributed by atoms with van der Waals surface area (Å²) in [6.45, 7) is -0.862. The highest BCUT2D eigenvalue weighted by atomic mass is 35.5. The van der Waals surface area contributed by atoms with Gasteiger partial charge in [-0.05, 0) is 83.9 Å². The number of hydrogen-bond donors (Lipinski definition) is 12. The number of anilines is 9. The molecule has 3 aliphatic rings.